The van der Waals surface area contributed by atoms with E-state index >= 15 is 0 Å². The van der Waals surface area contributed by atoms with Crippen LogP contribution in [0.5, 0.6) is 5.88 Å². The van der Waals surface area contributed by atoms with Gasteiger partial charge in [0.1, 0.15) is 6.10 Å². The number of carbonyl (C=O) groups excluding carboxylic acids is 1. The van der Waals surface area contributed by atoms with Gasteiger partial charge in [-0.3, -0.25) is 4.98 Å². The van der Waals surface area contributed by atoms with Gasteiger partial charge >= 0.3 is 6.03 Å². The molecule has 0 unspecified atom stereocenters. The molecule has 12 heteroatoms. The number of amides is 2. The molecule has 2 fully saturated rings. The van der Waals surface area contributed by atoms with E-state index in [1.165, 1.54) is 0 Å². The fraction of sp³-hybridized carbons (Fsp3) is 0.417. The number of nitrogen functional groups attached to an aromatic ring is 1. The molecule has 1 saturated heterocycles. The lowest BCUT2D eigenvalue weighted by molar-refractivity contribution is 0.0405. The molecule has 3 aromatic rings. The van der Waals surface area contributed by atoms with E-state index in [4.69, 9.17) is 20.2 Å². The summed E-state index contributed by atoms with van der Waals surface area (Å²) in [5.74, 6) is 1.25. The summed E-state index contributed by atoms with van der Waals surface area (Å²) < 4.78 is 11.7. The van der Waals surface area contributed by atoms with Crippen LogP contribution in [-0.2, 0) is 11.3 Å². The Labute approximate surface area is 208 Å². The molecule has 2 amide bonds. The summed E-state index contributed by atoms with van der Waals surface area (Å²) in [7, 11) is 1.80. The smallest absolute Gasteiger partial charge is 0.317 e. The summed E-state index contributed by atoms with van der Waals surface area (Å²) in [6, 6.07) is 7.37. The Hall–Kier alpha value is -4.06. The first kappa shape index (κ1) is 23.7. The normalized spacial score (nSPS) is 19.3. The zero-order chi connectivity index (χ0) is 24.9. The van der Waals surface area contributed by atoms with Crippen LogP contribution in [0.15, 0.2) is 42.9 Å². The van der Waals surface area contributed by atoms with Gasteiger partial charge in [0.15, 0.2) is 0 Å². The predicted molar refractivity (Wildman–Crippen MR) is 132 cm³/mol. The Balaban J connectivity index is 1.22. The summed E-state index contributed by atoms with van der Waals surface area (Å²) in [5.41, 5.74) is 7.84. The molecule has 5 rings (SSSR count). The van der Waals surface area contributed by atoms with Crippen LogP contribution in [0.1, 0.15) is 18.5 Å². The third-order valence-corrected chi connectivity index (χ3v) is 6.32. The maximum Gasteiger partial charge on any atom is 0.317 e. The Morgan fingerprint density at radius 1 is 1.19 bits per heavy atom. The molecule has 1 aliphatic heterocycles. The first-order valence-electron chi connectivity index (χ1n) is 11.9. The largest absolute Gasteiger partial charge is 0.474 e. The summed E-state index contributed by atoms with van der Waals surface area (Å²) >= 11 is 0. The highest BCUT2D eigenvalue weighted by atomic mass is 16.5. The minimum atomic E-state index is -0.133. The molecule has 0 spiro atoms. The monoisotopic (exact) mass is 491 g/mol. The van der Waals surface area contributed by atoms with Crippen LogP contribution in [0.25, 0.3) is 11.3 Å². The van der Waals surface area contributed by atoms with Crippen LogP contribution in [0.3, 0.4) is 0 Å². The molecule has 0 atom stereocenters. The van der Waals surface area contributed by atoms with Gasteiger partial charge in [-0.05, 0) is 12.1 Å². The van der Waals surface area contributed by atoms with Gasteiger partial charge in [0.25, 0.3) is 0 Å². The quantitative estimate of drug-likeness (QED) is 0.499. The fourth-order valence-corrected chi connectivity index (χ4v) is 4.08. The van der Waals surface area contributed by atoms with Gasteiger partial charge in [0.05, 0.1) is 31.1 Å². The number of morpholine rings is 1. The highest BCUT2D eigenvalue weighted by molar-refractivity contribution is 5.74. The molecule has 0 bridgehead atoms. The third-order valence-electron chi connectivity index (χ3n) is 6.32. The molecule has 3 N–H and O–H groups in total. The maximum atomic E-state index is 12.5. The van der Waals surface area contributed by atoms with E-state index in [-0.39, 0.29) is 24.1 Å². The topological polar surface area (TPSA) is 145 Å². The Morgan fingerprint density at radius 2 is 1.97 bits per heavy atom. The van der Waals surface area contributed by atoms with Gasteiger partial charge in [-0.1, -0.05) is 6.07 Å². The lowest BCUT2D eigenvalue weighted by Crippen LogP contribution is -2.52. The van der Waals surface area contributed by atoms with Crippen LogP contribution in [0.2, 0.25) is 0 Å². The van der Waals surface area contributed by atoms with Crippen molar-refractivity contribution in [1.29, 1.82) is 0 Å². The molecular formula is C24H29N9O3. The van der Waals surface area contributed by atoms with E-state index in [9.17, 15) is 4.79 Å². The van der Waals surface area contributed by atoms with E-state index in [0.717, 1.165) is 11.3 Å². The summed E-state index contributed by atoms with van der Waals surface area (Å²) in [4.78, 5) is 38.1. The van der Waals surface area contributed by atoms with E-state index in [2.05, 4.69) is 30.2 Å². The van der Waals surface area contributed by atoms with Crippen molar-refractivity contribution in [2.24, 2.45) is 0 Å². The molecule has 0 radical (unpaired) electrons. The van der Waals surface area contributed by atoms with Crippen LogP contribution >= 0.6 is 0 Å². The number of hydrogen-bond donors (Lipinski definition) is 2. The van der Waals surface area contributed by atoms with E-state index < -0.39 is 0 Å². The minimum absolute atomic E-state index is 0.0519. The van der Waals surface area contributed by atoms with Gasteiger partial charge in [-0.25, -0.2) is 19.7 Å². The fourth-order valence-electron chi connectivity index (χ4n) is 4.08. The molecule has 12 nitrogen and oxygen atoms in total. The second-order valence-electron chi connectivity index (χ2n) is 8.78. The third kappa shape index (κ3) is 5.60. The highest BCUT2D eigenvalue weighted by Crippen LogP contribution is 2.31. The van der Waals surface area contributed by atoms with Crippen molar-refractivity contribution in [2.75, 3.05) is 44.0 Å². The van der Waals surface area contributed by atoms with Gasteiger partial charge in [0.2, 0.25) is 17.8 Å². The van der Waals surface area contributed by atoms with Gasteiger partial charge in [-0.15, -0.1) is 0 Å². The first-order chi connectivity index (χ1) is 17.5. The van der Waals surface area contributed by atoms with Crippen molar-refractivity contribution in [3.63, 3.8) is 0 Å². The van der Waals surface area contributed by atoms with Crippen molar-refractivity contribution < 1.29 is 14.3 Å². The minimum Gasteiger partial charge on any atom is -0.474 e. The molecule has 1 aliphatic carbocycles. The van der Waals surface area contributed by atoms with Gasteiger partial charge in [-0.2, -0.15) is 4.98 Å². The molecule has 2 aliphatic rings. The molecular weight excluding hydrogens is 462 g/mol. The number of aromatic nitrogens is 5. The number of carbonyl (C=O) groups is 1. The average molecular weight is 492 g/mol. The van der Waals surface area contributed by atoms with Crippen LogP contribution in [-0.4, -0.2) is 81.3 Å². The first-order valence-corrected chi connectivity index (χ1v) is 11.9. The lowest BCUT2D eigenvalue weighted by atomic mass is 9.88. The second kappa shape index (κ2) is 10.7. The number of urea groups is 1. The SMILES string of the molecule is CN(C(=O)NCc1ccccn1)[C@H]1C[C@H](Oc2cc(-c3cnc(N)nc3)nc(N3CCOCC3)n2)C1. The number of nitrogens with zero attached hydrogens (tertiary/aromatic N) is 7. The summed E-state index contributed by atoms with van der Waals surface area (Å²) in [6.45, 7) is 3.03. The molecule has 188 valence electrons. The van der Waals surface area contributed by atoms with Crippen molar-refractivity contribution in [3.05, 3.63) is 48.5 Å². The number of ether oxygens (including phenoxy) is 2. The Bertz CT molecular complexity index is 1170. The summed E-state index contributed by atoms with van der Waals surface area (Å²) in [6.07, 6.45) is 6.35. The van der Waals surface area contributed by atoms with E-state index in [1.807, 2.05) is 18.2 Å². The van der Waals surface area contributed by atoms with Crippen LogP contribution in [0.4, 0.5) is 16.7 Å². The number of nitrogens with two attached hydrogens (primary N) is 1. The average Bonchev–Trinajstić information content (AvgIpc) is 2.90. The number of rotatable bonds is 7. The molecule has 0 aromatic carbocycles. The molecule has 3 aromatic heterocycles. The molecule has 4 heterocycles. The Morgan fingerprint density at radius 3 is 2.69 bits per heavy atom. The number of hydrogen-bond acceptors (Lipinski definition) is 10. The van der Waals surface area contributed by atoms with Gasteiger partial charge < -0.3 is 30.3 Å². The van der Waals surface area contributed by atoms with Crippen LogP contribution < -0.4 is 20.7 Å². The molecule has 1 saturated carbocycles. The second-order valence-corrected chi connectivity index (χ2v) is 8.78. The standard InChI is InChI=1S/C24H29N9O3/c1-32(24(34)29-15-17-4-2-3-5-26-17)18-10-19(11-18)36-21-12-20(16-13-27-22(25)28-14-16)30-23(31-21)33-6-8-35-9-7-33/h2-5,12-14,18-19H,6-11,15H2,1H3,(H,29,34)(H2,25,27,28)/t18-,19-. The van der Waals surface area contributed by atoms with E-state index in [0.29, 0.717) is 63.2 Å². The zero-order valence-corrected chi connectivity index (χ0v) is 20.1. The zero-order valence-electron chi connectivity index (χ0n) is 20.1. The van der Waals surface area contributed by atoms with E-state index in [1.54, 1.807) is 36.6 Å². The van der Waals surface area contributed by atoms with Crippen molar-refractivity contribution >= 4 is 17.9 Å². The summed E-state index contributed by atoms with van der Waals surface area (Å²) in [5, 5.41) is 2.91. The molecule has 36 heavy (non-hydrogen) atoms. The van der Waals surface area contributed by atoms with Crippen LogP contribution in [0, 0.1) is 0 Å². The Kier molecular flexibility index (Phi) is 7.03. The predicted octanol–water partition coefficient (Wildman–Crippen LogP) is 1.50. The number of pyridine rings is 1. The van der Waals surface area contributed by atoms with Crippen molar-refractivity contribution in [3.8, 4) is 17.1 Å². The highest BCUT2D eigenvalue weighted by Gasteiger charge is 2.36. The maximum absolute atomic E-state index is 12.5. The number of anilines is 2. The van der Waals surface area contributed by atoms with Crippen molar-refractivity contribution in [2.45, 2.75) is 31.5 Å². The lowest BCUT2D eigenvalue weighted by Gasteiger charge is -2.40. The van der Waals surface area contributed by atoms with Gasteiger partial charge in [0, 0.05) is 69.2 Å². The van der Waals surface area contributed by atoms with Crippen molar-refractivity contribution in [1.82, 2.24) is 35.1 Å². The number of nitrogens with one attached hydrogen (secondary N) is 1.